The zero-order chi connectivity index (χ0) is 19.8. The van der Waals surface area contributed by atoms with Gasteiger partial charge in [-0.1, -0.05) is 31.0 Å². The molecule has 0 amide bonds. The van der Waals surface area contributed by atoms with Crippen molar-refractivity contribution in [2.75, 3.05) is 38.0 Å². The summed E-state index contributed by atoms with van der Waals surface area (Å²) in [7, 11) is -1.24. The van der Waals surface area contributed by atoms with Crippen LogP contribution < -0.4 is 4.72 Å². The summed E-state index contributed by atoms with van der Waals surface area (Å²) in [6.45, 7) is 3.04. The lowest BCUT2D eigenvalue weighted by atomic mass is 10.1. The maximum atomic E-state index is 12.5. The van der Waals surface area contributed by atoms with Crippen molar-refractivity contribution < 1.29 is 13.2 Å². The molecule has 1 aliphatic carbocycles. The van der Waals surface area contributed by atoms with Gasteiger partial charge in [0.1, 0.15) is 0 Å². The third-order valence-electron chi connectivity index (χ3n) is 5.69. The van der Waals surface area contributed by atoms with E-state index in [0.717, 1.165) is 31.9 Å². The van der Waals surface area contributed by atoms with E-state index < -0.39 is 10.2 Å². The molecule has 1 N–H and O–H groups in total. The molecule has 0 radical (unpaired) electrons. The van der Waals surface area contributed by atoms with Gasteiger partial charge < -0.3 is 9.64 Å². The van der Waals surface area contributed by atoms with Gasteiger partial charge in [0, 0.05) is 31.4 Å². The number of rotatable bonds is 12. The van der Waals surface area contributed by atoms with Gasteiger partial charge in [-0.25, -0.2) is 0 Å². The Balaban J connectivity index is 1.25. The summed E-state index contributed by atoms with van der Waals surface area (Å²) in [5.41, 5.74) is 0.601. The fourth-order valence-electron chi connectivity index (χ4n) is 3.72. The van der Waals surface area contributed by atoms with Crippen LogP contribution in [0.2, 0.25) is 0 Å². The molecule has 1 aliphatic heterocycles. The molecular formula is C21H35N3O3S. The maximum absolute atomic E-state index is 12.5. The van der Waals surface area contributed by atoms with E-state index in [1.54, 1.807) is 12.1 Å². The van der Waals surface area contributed by atoms with Crippen LogP contribution in [0.5, 0.6) is 0 Å². The number of benzene rings is 1. The third kappa shape index (κ3) is 7.03. The molecule has 2 fully saturated rings. The van der Waals surface area contributed by atoms with Gasteiger partial charge >= 0.3 is 10.2 Å². The minimum Gasteiger partial charge on any atom is -0.378 e. The Bertz CT molecular complexity index is 671. The quantitative estimate of drug-likeness (QED) is 0.537. The summed E-state index contributed by atoms with van der Waals surface area (Å²) < 4.78 is 35.1. The first-order valence-electron chi connectivity index (χ1n) is 10.7. The second kappa shape index (κ2) is 10.6. The Kier molecular flexibility index (Phi) is 8.14. The van der Waals surface area contributed by atoms with E-state index >= 15 is 0 Å². The molecule has 1 aromatic rings. The van der Waals surface area contributed by atoms with Gasteiger partial charge in [-0.15, -0.1) is 0 Å². The average Bonchev–Trinajstić information content (AvgIpc) is 3.53. The van der Waals surface area contributed by atoms with Crippen LogP contribution in [0.1, 0.15) is 51.4 Å². The summed E-state index contributed by atoms with van der Waals surface area (Å²) in [5, 5.41) is 0. The molecule has 3 rings (SSSR count). The van der Waals surface area contributed by atoms with E-state index in [4.69, 9.17) is 4.74 Å². The van der Waals surface area contributed by atoms with Crippen LogP contribution in [0.25, 0.3) is 0 Å². The van der Waals surface area contributed by atoms with Crippen molar-refractivity contribution in [3.63, 3.8) is 0 Å². The molecule has 0 spiro atoms. The van der Waals surface area contributed by atoms with Gasteiger partial charge in [0.25, 0.3) is 0 Å². The lowest BCUT2D eigenvalue weighted by molar-refractivity contribution is 0.0193. The van der Waals surface area contributed by atoms with E-state index in [9.17, 15) is 8.42 Å². The molecule has 7 heteroatoms. The van der Waals surface area contributed by atoms with Crippen molar-refractivity contribution in [2.45, 2.75) is 63.5 Å². The Morgan fingerprint density at radius 3 is 2.39 bits per heavy atom. The number of ether oxygens (including phenoxy) is 1. The minimum atomic E-state index is -3.48. The SMILES string of the molecule is CN(CCCCCCOC1CCN(S(=O)(=O)Nc2ccccc2)CC1)C1CC1. The van der Waals surface area contributed by atoms with Crippen LogP contribution in [-0.2, 0) is 14.9 Å². The van der Waals surface area contributed by atoms with Crippen LogP contribution in [0.15, 0.2) is 30.3 Å². The van der Waals surface area contributed by atoms with Gasteiger partial charge in [-0.3, -0.25) is 4.72 Å². The van der Waals surface area contributed by atoms with Gasteiger partial charge in [0.15, 0.2) is 0 Å². The Labute approximate surface area is 170 Å². The maximum Gasteiger partial charge on any atom is 0.301 e. The summed E-state index contributed by atoms with van der Waals surface area (Å²) in [4.78, 5) is 2.49. The second-order valence-electron chi connectivity index (χ2n) is 8.07. The summed E-state index contributed by atoms with van der Waals surface area (Å²) in [6.07, 6.45) is 9.33. The first-order valence-corrected chi connectivity index (χ1v) is 12.1. The van der Waals surface area contributed by atoms with E-state index in [0.29, 0.717) is 18.8 Å². The van der Waals surface area contributed by atoms with Gasteiger partial charge in [0.2, 0.25) is 0 Å². The van der Waals surface area contributed by atoms with Crippen molar-refractivity contribution in [3.05, 3.63) is 30.3 Å². The monoisotopic (exact) mass is 409 g/mol. The predicted octanol–water partition coefficient (Wildman–Crippen LogP) is 3.48. The van der Waals surface area contributed by atoms with Gasteiger partial charge in [-0.05, 0) is 64.3 Å². The number of piperidine rings is 1. The first-order chi connectivity index (χ1) is 13.5. The first kappa shape index (κ1) is 21.6. The summed E-state index contributed by atoms with van der Waals surface area (Å²) >= 11 is 0. The lowest BCUT2D eigenvalue weighted by Gasteiger charge is -2.31. The van der Waals surface area contributed by atoms with Crippen LogP contribution in [0.3, 0.4) is 0 Å². The summed E-state index contributed by atoms with van der Waals surface area (Å²) in [6, 6.07) is 9.90. The molecule has 1 saturated heterocycles. The topological polar surface area (TPSA) is 61.9 Å². The average molecular weight is 410 g/mol. The van der Waals surface area contributed by atoms with Crippen LogP contribution in [0, 0.1) is 0 Å². The predicted molar refractivity (Wildman–Crippen MR) is 114 cm³/mol. The van der Waals surface area contributed by atoms with Crippen molar-refractivity contribution in [1.82, 2.24) is 9.21 Å². The third-order valence-corrected chi connectivity index (χ3v) is 7.23. The number of hydrogen-bond acceptors (Lipinski definition) is 4. The molecule has 1 aromatic carbocycles. The van der Waals surface area contributed by atoms with E-state index in [1.165, 1.54) is 43.0 Å². The standard InChI is InChI=1S/C21H35N3O3S/c1-23(20-11-12-20)15-7-2-3-8-18-27-21-13-16-24(17-14-21)28(25,26)22-19-9-5-4-6-10-19/h4-6,9-10,20-22H,2-3,7-8,11-18H2,1H3. The lowest BCUT2D eigenvalue weighted by Crippen LogP contribution is -2.43. The van der Waals surface area contributed by atoms with Gasteiger partial charge in [-0.2, -0.15) is 12.7 Å². The molecule has 2 aliphatic rings. The molecule has 28 heavy (non-hydrogen) atoms. The second-order valence-corrected chi connectivity index (χ2v) is 9.74. The normalized spacial score (nSPS) is 19.2. The number of para-hydroxylation sites is 1. The molecule has 0 bridgehead atoms. The number of nitrogens with one attached hydrogen (secondary N) is 1. The zero-order valence-corrected chi connectivity index (χ0v) is 17.9. The number of unbranched alkanes of at least 4 members (excludes halogenated alkanes) is 3. The molecule has 1 saturated carbocycles. The van der Waals surface area contributed by atoms with E-state index in [1.807, 2.05) is 18.2 Å². The molecule has 0 aromatic heterocycles. The number of nitrogens with zero attached hydrogens (tertiary/aromatic N) is 2. The highest BCUT2D eigenvalue weighted by Gasteiger charge is 2.28. The molecule has 0 atom stereocenters. The molecule has 0 unspecified atom stereocenters. The molecule has 6 nitrogen and oxygen atoms in total. The smallest absolute Gasteiger partial charge is 0.301 e. The molecule has 1 heterocycles. The Morgan fingerprint density at radius 2 is 1.71 bits per heavy atom. The van der Waals surface area contributed by atoms with Gasteiger partial charge in [0.05, 0.1) is 6.10 Å². The van der Waals surface area contributed by atoms with Crippen LogP contribution >= 0.6 is 0 Å². The highest BCUT2D eigenvalue weighted by atomic mass is 32.2. The van der Waals surface area contributed by atoms with Crippen molar-refractivity contribution in [3.8, 4) is 0 Å². The van der Waals surface area contributed by atoms with Crippen molar-refractivity contribution in [1.29, 1.82) is 0 Å². The fraction of sp³-hybridized carbons (Fsp3) is 0.714. The highest BCUT2D eigenvalue weighted by molar-refractivity contribution is 7.90. The zero-order valence-electron chi connectivity index (χ0n) is 17.1. The van der Waals surface area contributed by atoms with E-state index in [2.05, 4.69) is 16.7 Å². The Morgan fingerprint density at radius 1 is 1.04 bits per heavy atom. The van der Waals surface area contributed by atoms with Crippen LogP contribution in [-0.4, -0.2) is 63.1 Å². The van der Waals surface area contributed by atoms with Crippen LogP contribution in [0.4, 0.5) is 5.69 Å². The summed E-state index contributed by atoms with van der Waals surface area (Å²) in [5.74, 6) is 0. The minimum absolute atomic E-state index is 0.184. The molecule has 158 valence electrons. The largest absolute Gasteiger partial charge is 0.378 e. The number of hydrogen-bond donors (Lipinski definition) is 1. The van der Waals surface area contributed by atoms with Crippen molar-refractivity contribution in [2.24, 2.45) is 0 Å². The number of anilines is 1. The molecular weight excluding hydrogens is 374 g/mol. The fourth-order valence-corrected chi connectivity index (χ4v) is 4.98. The van der Waals surface area contributed by atoms with E-state index in [-0.39, 0.29) is 6.10 Å². The van der Waals surface area contributed by atoms with Crippen molar-refractivity contribution >= 4 is 15.9 Å². The highest BCUT2D eigenvalue weighted by Crippen LogP contribution is 2.25. The Hall–Kier alpha value is -1.15.